The number of amidine groups is 1. The molecule has 1 saturated heterocycles. The Morgan fingerprint density at radius 3 is 2.29 bits per heavy atom. The van der Waals surface area contributed by atoms with Crippen LogP contribution in [0, 0.1) is 5.41 Å². The number of unbranched alkanes of at least 4 members (excludes halogenated alkanes) is 2. The molecular weight excluding hydrogens is 458 g/mol. The first-order valence-electron chi connectivity index (χ1n) is 12.1. The van der Waals surface area contributed by atoms with E-state index < -0.39 is 54.0 Å². The maximum Gasteiger partial charge on any atom is 0.326 e. The van der Waals surface area contributed by atoms with Gasteiger partial charge in [0.15, 0.2) is 0 Å². The molecule has 0 spiro atoms. The van der Waals surface area contributed by atoms with Crippen molar-refractivity contribution >= 4 is 29.5 Å². The van der Waals surface area contributed by atoms with Gasteiger partial charge in [0.1, 0.15) is 24.2 Å². The monoisotopic (exact) mass is 499 g/mol. The van der Waals surface area contributed by atoms with E-state index in [-0.39, 0.29) is 18.7 Å². The van der Waals surface area contributed by atoms with E-state index in [1.807, 2.05) is 0 Å². The molecule has 0 aromatic heterocycles. The Morgan fingerprint density at radius 1 is 1.09 bits per heavy atom. The summed E-state index contributed by atoms with van der Waals surface area (Å²) < 4.78 is 0. The zero-order chi connectivity index (χ0) is 26.5. The summed E-state index contributed by atoms with van der Waals surface area (Å²) in [5.41, 5.74) is 16.5. The van der Waals surface area contributed by atoms with Crippen LogP contribution in [0.4, 0.5) is 0 Å². The third-order valence-corrected chi connectivity index (χ3v) is 6.03. The third kappa shape index (κ3) is 10.2. The van der Waals surface area contributed by atoms with Crippen molar-refractivity contribution < 1.29 is 29.4 Å². The molecule has 13 heteroatoms. The molecule has 1 aliphatic heterocycles. The molecule has 35 heavy (non-hydrogen) atoms. The van der Waals surface area contributed by atoms with Crippen molar-refractivity contribution in [3.8, 4) is 0 Å². The van der Waals surface area contributed by atoms with Gasteiger partial charge >= 0.3 is 5.97 Å². The summed E-state index contributed by atoms with van der Waals surface area (Å²) in [5, 5.41) is 31.4. The molecule has 0 aromatic carbocycles. The molecule has 0 bridgehead atoms. The van der Waals surface area contributed by atoms with Crippen LogP contribution in [0.1, 0.15) is 64.7 Å². The molecule has 0 aliphatic carbocycles. The highest BCUT2D eigenvalue weighted by molar-refractivity contribution is 5.94. The van der Waals surface area contributed by atoms with Crippen LogP contribution < -0.4 is 27.8 Å². The van der Waals surface area contributed by atoms with Crippen molar-refractivity contribution in [3.63, 3.8) is 0 Å². The number of hydrogen-bond donors (Lipinski definition) is 8. The quantitative estimate of drug-likeness (QED) is 0.0689. The lowest BCUT2D eigenvalue weighted by molar-refractivity contribution is -0.145. The summed E-state index contributed by atoms with van der Waals surface area (Å²) in [6.07, 6.45) is 2.80. The highest BCUT2D eigenvalue weighted by Gasteiger charge is 2.39. The summed E-state index contributed by atoms with van der Waals surface area (Å²) in [6, 6.07) is -4.15. The Hall–Kier alpha value is -2.77. The number of amides is 3. The second-order valence-corrected chi connectivity index (χ2v) is 8.97. The maximum absolute atomic E-state index is 13.3. The Balaban J connectivity index is 2.88. The second kappa shape index (κ2) is 15.3. The van der Waals surface area contributed by atoms with Crippen molar-refractivity contribution in [1.29, 1.82) is 5.41 Å². The van der Waals surface area contributed by atoms with Gasteiger partial charge in [-0.1, -0.05) is 6.42 Å². The van der Waals surface area contributed by atoms with Gasteiger partial charge in [0.05, 0.1) is 11.9 Å². The van der Waals surface area contributed by atoms with Gasteiger partial charge < -0.3 is 42.9 Å². The number of rotatable bonds is 16. The molecule has 13 nitrogen and oxygen atoms in total. The zero-order valence-electron chi connectivity index (χ0n) is 20.4. The van der Waals surface area contributed by atoms with Gasteiger partial charge in [0.25, 0.3) is 0 Å². The number of aliphatic carboxylic acids is 1. The Morgan fingerprint density at radius 2 is 1.71 bits per heavy atom. The van der Waals surface area contributed by atoms with E-state index in [9.17, 15) is 29.4 Å². The van der Waals surface area contributed by atoms with Crippen LogP contribution in [0.15, 0.2) is 0 Å². The van der Waals surface area contributed by atoms with Gasteiger partial charge in [0, 0.05) is 13.0 Å². The highest BCUT2D eigenvalue weighted by atomic mass is 16.4. The van der Waals surface area contributed by atoms with E-state index in [1.54, 1.807) is 0 Å². The minimum atomic E-state index is -1.21. The number of aliphatic hydroxyl groups excluding tert-OH is 1. The summed E-state index contributed by atoms with van der Waals surface area (Å²) >= 11 is 0. The van der Waals surface area contributed by atoms with Gasteiger partial charge in [-0.15, -0.1) is 0 Å². The molecule has 1 aliphatic rings. The van der Waals surface area contributed by atoms with Crippen LogP contribution >= 0.6 is 0 Å². The zero-order valence-corrected chi connectivity index (χ0v) is 20.4. The average Bonchev–Trinajstić information content (AvgIpc) is 3.29. The van der Waals surface area contributed by atoms with Gasteiger partial charge in [0.2, 0.25) is 17.7 Å². The topological polar surface area (TPSA) is 238 Å². The van der Waals surface area contributed by atoms with Gasteiger partial charge in [-0.3, -0.25) is 19.8 Å². The van der Waals surface area contributed by atoms with Crippen molar-refractivity contribution in [2.24, 2.45) is 17.2 Å². The first kappa shape index (κ1) is 30.3. The first-order valence-corrected chi connectivity index (χ1v) is 12.1. The summed E-state index contributed by atoms with van der Waals surface area (Å²) in [7, 11) is 0. The van der Waals surface area contributed by atoms with E-state index in [4.69, 9.17) is 22.6 Å². The predicted molar refractivity (Wildman–Crippen MR) is 129 cm³/mol. The van der Waals surface area contributed by atoms with Gasteiger partial charge in [-0.25, -0.2) is 4.79 Å². The fraction of sp³-hybridized carbons (Fsp3) is 0.773. The number of aliphatic hydroxyl groups is 1. The maximum atomic E-state index is 13.3. The summed E-state index contributed by atoms with van der Waals surface area (Å²) in [4.78, 5) is 51.7. The van der Waals surface area contributed by atoms with Crippen LogP contribution in [-0.2, 0) is 19.2 Å². The van der Waals surface area contributed by atoms with Crippen LogP contribution in [0.25, 0.3) is 0 Å². The largest absolute Gasteiger partial charge is 0.480 e. The highest BCUT2D eigenvalue weighted by Crippen LogP contribution is 2.20. The molecule has 11 N–H and O–H groups in total. The SMILES string of the molecule is C[C@@H](O)[C@H](N)C(=O)NC(CCCCN)C(=O)N1CCCC1C(=O)N[C@@H](CCCCC(=N)N)C(=O)O. The molecule has 0 saturated carbocycles. The van der Waals surface area contributed by atoms with E-state index in [0.717, 1.165) is 0 Å². The molecule has 0 aromatic rings. The van der Waals surface area contributed by atoms with Crippen LogP contribution in [0.5, 0.6) is 0 Å². The smallest absolute Gasteiger partial charge is 0.326 e. The van der Waals surface area contributed by atoms with E-state index in [0.29, 0.717) is 58.0 Å². The number of likely N-dealkylation sites (tertiary alicyclic amines) is 1. The normalized spacial score (nSPS) is 18.9. The van der Waals surface area contributed by atoms with Crippen molar-refractivity contribution in [2.45, 2.75) is 95.0 Å². The van der Waals surface area contributed by atoms with Crippen LogP contribution in [0.3, 0.4) is 0 Å². The first-order chi connectivity index (χ1) is 16.5. The molecule has 1 fully saturated rings. The van der Waals surface area contributed by atoms with Crippen LogP contribution in [-0.4, -0.2) is 88.0 Å². The van der Waals surface area contributed by atoms with Crippen LogP contribution in [0.2, 0.25) is 0 Å². The van der Waals surface area contributed by atoms with E-state index >= 15 is 0 Å². The molecule has 1 heterocycles. The standard InChI is InChI=1S/C22H41N7O6/c1-13(30)18(26)20(32)27-14(7-4-5-11-23)21(33)29-12-6-9-16(29)19(31)28-15(22(34)35)8-2-3-10-17(24)25/h13-16,18,30H,2-12,23,26H2,1H3,(H3,24,25)(H,27,32)(H,28,31)(H,34,35)/t13-,14?,15+,16?,18+/m1/s1. The second-order valence-electron chi connectivity index (χ2n) is 8.97. The number of carboxylic acids is 1. The molecule has 200 valence electrons. The van der Waals surface area contributed by atoms with Crippen molar-refractivity contribution in [3.05, 3.63) is 0 Å². The lowest BCUT2D eigenvalue weighted by Crippen LogP contribution is -2.57. The number of nitrogens with two attached hydrogens (primary N) is 3. The Kier molecular flexibility index (Phi) is 13.2. The molecular formula is C22H41N7O6. The Bertz CT molecular complexity index is 748. The molecule has 2 unspecified atom stereocenters. The van der Waals surface area contributed by atoms with Gasteiger partial charge in [-0.2, -0.15) is 0 Å². The molecule has 1 rings (SSSR count). The lowest BCUT2D eigenvalue weighted by Gasteiger charge is -2.30. The fourth-order valence-corrected chi connectivity index (χ4v) is 3.93. The predicted octanol–water partition coefficient (Wildman–Crippen LogP) is -1.63. The third-order valence-electron chi connectivity index (χ3n) is 6.03. The number of nitrogens with one attached hydrogen (secondary N) is 3. The number of carboxylic acid groups (broad SMARTS) is 1. The fourth-order valence-electron chi connectivity index (χ4n) is 3.93. The number of nitrogens with zero attached hydrogens (tertiary/aromatic N) is 1. The average molecular weight is 500 g/mol. The van der Waals surface area contributed by atoms with Gasteiger partial charge in [-0.05, 0) is 58.4 Å². The molecule has 3 amide bonds. The minimum Gasteiger partial charge on any atom is -0.480 e. The van der Waals surface area contributed by atoms with E-state index in [1.165, 1.54) is 11.8 Å². The number of carbonyl (C=O) groups excluding carboxylic acids is 3. The lowest BCUT2D eigenvalue weighted by atomic mass is 10.0. The minimum absolute atomic E-state index is 0.0172. The molecule has 0 radical (unpaired) electrons. The summed E-state index contributed by atoms with van der Waals surface area (Å²) in [5.74, 6) is -2.87. The Labute approximate surface area is 205 Å². The van der Waals surface area contributed by atoms with E-state index in [2.05, 4.69) is 10.6 Å². The number of hydrogen-bond acceptors (Lipinski definition) is 8. The number of carbonyl (C=O) groups is 4. The molecule has 5 atom stereocenters. The summed E-state index contributed by atoms with van der Waals surface area (Å²) in [6.45, 7) is 2.08. The van der Waals surface area contributed by atoms with Crippen molar-refractivity contribution in [2.75, 3.05) is 13.1 Å². The van der Waals surface area contributed by atoms with Crippen molar-refractivity contribution in [1.82, 2.24) is 15.5 Å².